The van der Waals surface area contributed by atoms with Crippen LogP contribution in [0.2, 0.25) is 0 Å². The van der Waals surface area contributed by atoms with Crippen molar-refractivity contribution in [1.29, 1.82) is 0 Å². The molecule has 24 heavy (non-hydrogen) atoms. The summed E-state index contributed by atoms with van der Waals surface area (Å²) in [5, 5.41) is 4.21. The van der Waals surface area contributed by atoms with Crippen LogP contribution in [0.1, 0.15) is 11.1 Å². The zero-order valence-corrected chi connectivity index (χ0v) is 13.9. The molecule has 0 fully saturated rings. The summed E-state index contributed by atoms with van der Waals surface area (Å²) < 4.78 is 19.5. The van der Waals surface area contributed by atoms with Gasteiger partial charge >= 0.3 is 0 Å². The van der Waals surface area contributed by atoms with E-state index in [9.17, 15) is 4.39 Å². The Morgan fingerprint density at radius 3 is 2.96 bits per heavy atom. The van der Waals surface area contributed by atoms with Crippen LogP contribution in [0.5, 0.6) is 11.5 Å². The van der Waals surface area contributed by atoms with Crippen molar-refractivity contribution in [2.24, 2.45) is 0 Å². The van der Waals surface area contributed by atoms with E-state index in [4.69, 9.17) is 4.74 Å². The first kappa shape index (κ1) is 15.0. The number of halogens is 1. The summed E-state index contributed by atoms with van der Waals surface area (Å²) in [7, 11) is 0. The molecule has 0 saturated carbocycles. The molecular formula is C19H15FN2OS. The van der Waals surface area contributed by atoms with Gasteiger partial charge in [0.1, 0.15) is 16.6 Å². The third kappa shape index (κ3) is 2.83. The largest absolute Gasteiger partial charge is 0.453 e. The second-order valence-electron chi connectivity index (χ2n) is 5.55. The Hall–Kier alpha value is -2.53. The first-order valence-electron chi connectivity index (χ1n) is 7.63. The van der Waals surface area contributed by atoms with E-state index in [-0.39, 0.29) is 5.82 Å². The number of nitrogens with zero attached hydrogens (tertiary/aromatic N) is 1. The van der Waals surface area contributed by atoms with Crippen LogP contribution in [0, 0.1) is 12.7 Å². The van der Waals surface area contributed by atoms with Gasteiger partial charge in [0, 0.05) is 24.5 Å². The molecule has 0 radical (unpaired) electrons. The maximum absolute atomic E-state index is 13.6. The number of benzene rings is 2. The molecule has 2 heterocycles. The highest BCUT2D eigenvalue weighted by Crippen LogP contribution is 2.46. The minimum absolute atomic E-state index is 0.177. The molecule has 1 N–H and O–H groups in total. The zero-order valence-electron chi connectivity index (χ0n) is 13.0. The maximum Gasteiger partial charge on any atom is 0.160 e. The fourth-order valence-corrected chi connectivity index (χ4v) is 3.45. The summed E-state index contributed by atoms with van der Waals surface area (Å²) in [6, 6.07) is 14.9. The molecule has 1 aromatic heterocycles. The lowest BCUT2D eigenvalue weighted by atomic mass is 10.1. The van der Waals surface area contributed by atoms with E-state index >= 15 is 0 Å². The van der Waals surface area contributed by atoms with E-state index in [0.717, 1.165) is 32.7 Å². The molecule has 0 amide bonds. The Labute approximate surface area is 143 Å². The van der Waals surface area contributed by atoms with E-state index in [1.54, 1.807) is 30.9 Å². The lowest BCUT2D eigenvalue weighted by Gasteiger charge is -2.19. The smallest absolute Gasteiger partial charge is 0.160 e. The van der Waals surface area contributed by atoms with E-state index in [1.165, 1.54) is 6.07 Å². The number of fused-ring (bicyclic) bond motifs is 2. The van der Waals surface area contributed by atoms with Crippen molar-refractivity contribution in [1.82, 2.24) is 4.98 Å². The maximum atomic E-state index is 13.6. The van der Waals surface area contributed by atoms with Crippen LogP contribution in [0.3, 0.4) is 0 Å². The zero-order chi connectivity index (χ0) is 16.5. The summed E-state index contributed by atoms with van der Waals surface area (Å²) in [6.45, 7) is 2.36. The van der Waals surface area contributed by atoms with Gasteiger partial charge < -0.3 is 10.1 Å². The molecule has 0 aliphatic carbocycles. The standard InChI is InChI=1S/C19H15FN2OS/c1-12-13(4-2-5-15(12)20)11-22-14-7-8-18-17(10-14)23-16-6-3-9-21-19(16)24-18/h2-10,22H,11H2,1H3. The second-order valence-corrected chi connectivity index (χ2v) is 6.58. The van der Waals surface area contributed by atoms with Crippen LogP contribution in [0.15, 0.2) is 64.6 Å². The van der Waals surface area contributed by atoms with Crippen LogP contribution in [0.4, 0.5) is 10.1 Å². The van der Waals surface area contributed by atoms with Crippen molar-refractivity contribution in [2.45, 2.75) is 23.4 Å². The summed E-state index contributed by atoms with van der Waals surface area (Å²) in [6.07, 6.45) is 1.76. The number of rotatable bonds is 3. The highest BCUT2D eigenvalue weighted by molar-refractivity contribution is 7.99. The van der Waals surface area contributed by atoms with Gasteiger partial charge in [0.2, 0.25) is 0 Å². The molecule has 120 valence electrons. The number of hydrogen-bond donors (Lipinski definition) is 1. The summed E-state index contributed by atoms with van der Waals surface area (Å²) >= 11 is 1.60. The van der Waals surface area contributed by atoms with Gasteiger partial charge in [-0.3, -0.25) is 0 Å². The normalized spacial score (nSPS) is 12.1. The first-order valence-corrected chi connectivity index (χ1v) is 8.45. The summed E-state index contributed by atoms with van der Waals surface area (Å²) in [5.74, 6) is 1.40. The summed E-state index contributed by atoms with van der Waals surface area (Å²) in [5.41, 5.74) is 2.55. The van der Waals surface area contributed by atoms with E-state index in [2.05, 4.69) is 10.3 Å². The monoisotopic (exact) mass is 338 g/mol. The minimum Gasteiger partial charge on any atom is -0.453 e. The highest BCUT2D eigenvalue weighted by Gasteiger charge is 2.18. The van der Waals surface area contributed by atoms with Gasteiger partial charge in [-0.1, -0.05) is 23.9 Å². The SMILES string of the molecule is Cc1c(F)cccc1CNc1ccc2c(c1)Oc1cccnc1S2. The number of hydrogen-bond acceptors (Lipinski definition) is 4. The highest BCUT2D eigenvalue weighted by atomic mass is 32.2. The van der Waals surface area contributed by atoms with Gasteiger partial charge in [-0.15, -0.1) is 0 Å². The fraction of sp³-hybridized carbons (Fsp3) is 0.105. The van der Waals surface area contributed by atoms with Crippen LogP contribution < -0.4 is 10.1 Å². The quantitative estimate of drug-likeness (QED) is 0.542. The molecule has 0 spiro atoms. The van der Waals surface area contributed by atoms with Crippen LogP contribution in [-0.2, 0) is 6.54 Å². The Morgan fingerprint density at radius 1 is 1.12 bits per heavy atom. The Balaban J connectivity index is 1.53. The average molecular weight is 338 g/mol. The van der Waals surface area contributed by atoms with E-state index in [0.29, 0.717) is 12.1 Å². The van der Waals surface area contributed by atoms with Crippen molar-refractivity contribution >= 4 is 17.4 Å². The minimum atomic E-state index is -0.177. The molecule has 1 aliphatic rings. The topological polar surface area (TPSA) is 34.1 Å². The second kappa shape index (κ2) is 6.17. The van der Waals surface area contributed by atoms with Gasteiger partial charge in [0.05, 0.1) is 4.90 Å². The molecule has 4 rings (SSSR count). The lowest BCUT2D eigenvalue weighted by molar-refractivity contribution is 0.449. The van der Waals surface area contributed by atoms with Crippen molar-refractivity contribution in [3.8, 4) is 11.5 Å². The number of nitrogens with one attached hydrogen (secondary N) is 1. The molecule has 0 atom stereocenters. The lowest BCUT2D eigenvalue weighted by Crippen LogP contribution is -2.03. The molecule has 0 bridgehead atoms. The van der Waals surface area contributed by atoms with Crippen LogP contribution in [-0.4, -0.2) is 4.98 Å². The number of anilines is 1. The summed E-state index contributed by atoms with van der Waals surface area (Å²) in [4.78, 5) is 5.36. The molecule has 2 aromatic carbocycles. The molecule has 0 saturated heterocycles. The molecule has 5 heteroatoms. The number of pyridine rings is 1. The van der Waals surface area contributed by atoms with E-state index < -0.39 is 0 Å². The van der Waals surface area contributed by atoms with Crippen LogP contribution >= 0.6 is 11.8 Å². The first-order chi connectivity index (χ1) is 11.7. The number of aromatic nitrogens is 1. The fourth-order valence-electron chi connectivity index (χ4n) is 2.58. The third-order valence-electron chi connectivity index (χ3n) is 3.97. The molecule has 0 unspecified atom stereocenters. The van der Waals surface area contributed by atoms with E-state index in [1.807, 2.05) is 36.4 Å². The Kier molecular flexibility index (Phi) is 3.86. The van der Waals surface area contributed by atoms with Gasteiger partial charge in [0.15, 0.2) is 5.75 Å². The predicted molar refractivity (Wildman–Crippen MR) is 93.3 cm³/mol. The van der Waals surface area contributed by atoms with Gasteiger partial charge in [-0.25, -0.2) is 9.37 Å². The molecule has 1 aliphatic heterocycles. The van der Waals surface area contributed by atoms with Crippen molar-refractivity contribution < 1.29 is 9.13 Å². The number of ether oxygens (including phenoxy) is 1. The van der Waals surface area contributed by atoms with Gasteiger partial charge in [-0.2, -0.15) is 0 Å². The Bertz CT molecular complexity index is 914. The van der Waals surface area contributed by atoms with Crippen molar-refractivity contribution in [2.75, 3.05) is 5.32 Å². The van der Waals surface area contributed by atoms with Crippen LogP contribution in [0.25, 0.3) is 0 Å². The van der Waals surface area contributed by atoms with Gasteiger partial charge in [-0.05, 0) is 48.4 Å². The molecule has 3 nitrogen and oxygen atoms in total. The molecule has 3 aromatic rings. The van der Waals surface area contributed by atoms with Gasteiger partial charge in [0.25, 0.3) is 0 Å². The van der Waals surface area contributed by atoms with Crippen molar-refractivity contribution in [3.63, 3.8) is 0 Å². The van der Waals surface area contributed by atoms with Crippen molar-refractivity contribution in [3.05, 3.63) is 71.7 Å². The Morgan fingerprint density at radius 2 is 2.04 bits per heavy atom. The predicted octanol–water partition coefficient (Wildman–Crippen LogP) is 5.40. The molecular weight excluding hydrogens is 323 g/mol. The third-order valence-corrected chi connectivity index (χ3v) is 5.03. The average Bonchev–Trinajstić information content (AvgIpc) is 2.61.